The van der Waals surface area contributed by atoms with Gasteiger partial charge < -0.3 is 29.5 Å². The molecule has 0 bridgehead atoms. The Morgan fingerprint density at radius 1 is 1.11 bits per heavy atom. The Kier molecular flexibility index (Phi) is 15.4. The van der Waals surface area contributed by atoms with Gasteiger partial charge in [-0.15, -0.1) is 0 Å². The van der Waals surface area contributed by atoms with Crippen molar-refractivity contribution >= 4 is 63.8 Å². The number of likely N-dealkylation sites (tertiary alicyclic amines) is 1. The van der Waals surface area contributed by atoms with E-state index >= 15 is 0 Å². The first-order valence-electron chi connectivity index (χ1n) is 12.2. The van der Waals surface area contributed by atoms with Gasteiger partial charge in [-0.25, -0.2) is 0 Å². The first kappa shape index (κ1) is 36.6. The fourth-order valence-corrected chi connectivity index (χ4v) is 5.02. The predicted octanol–water partition coefficient (Wildman–Crippen LogP) is 1.75. The minimum atomic E-state index is -0.737. The third-order valence-electron chi connectivity index (χ3n) is 7.49. The Morgan fingerprint density at radius 2 is 1.71 bits per heavy atom. The number of carbonyl (C=O) groups is 3. The van der Waals surface area contributed by atoms with Crippen LogP contribution in [0.15, 0.2) is 24.3 Å². The minimum Gasteiger partial charge on any atom is -0.377 e. The van der Waals surface area contributed by atoms with Crippen LogP contribution >= 0.6 is 40.5 Å². The highest BCUT2D eigenvalue weighted by atomic mass is 32.1. The van der Waals surface area contributed by atoms with Crippen LogP contribution in [-0.2, 0) is 19.1 Å². The largest absolute Gasteiger partial charge is 0.377 e. The molecule has 1 aromatic carbocycles. The predicted molar refractivity (Wildman–Crippen MR) is 166 cm³/mol. The Balaban J connectivity index is 0.00000342. The fourth-order valence-electron chi connectivity index (χ4n) is 5.02. The van der Waals surface area contributed by atoms with E-state index in [1.54, 1.807) is 12.0 Å². The van der Waals surface area contributed by atoms with Gasteiger partial charge in [-0.1, -0.05) is 27.7 Å². The molecule has 38 heavy (non-hydrogen) atoms. The van der Waals surface area contributed by atoms with E-state index in [1.165, 1.54) is 0 Å². The molecular weight excluding hydrogens is 545 g/mol. The quantitative estimate of drug-likeness (QED) is 0.518. The zero-order valence-electron chi connectivity index (χ0n) is 22.0. The Morgan fingerprint density at radius 3 is 2.26 bits per heavy atom. The summed E-state index contributed by atoms with van der Waals surface area (Å²) >= 11 is 0. The van der Waals surface area contributed by atoms with Crippen LogP contribution in [0.25, 0.3) is 0 Å². The van der Waals surface area contributed by atoms with Crippen molar-refractivity contribution in [3.8, 4) is 0 Å². The number of ether oxygens (including phenoxy) is 2. The molecule has 0 radical (unpaired) electrons. The normalized spacial score (nSPS) is 24.1. The molecule has 2 amide bonds. The van der Waals surface area contributed by atoms with Crippen LogP contribution in [0, 0.1) is 5.92 Å². The summed E-state index contributed by atoms with van der Waals surface area (Å²) in [5.74, 6) is -0.771. The van der Waals surface area contributed by atoms with Crippen molar-refractivity contribution in [2.75, 3.05) is 58.4 Å². The number of piperazine rings is 1. The van der Waals surface area contributed by atoms with Gasteiger partial charge >= 0.3 is 0 Å². The second kappa shape index (κ2) is 16.0. The average molecular weight is 591 g/mol. The number of amides is 2. The van der Waals surface area contributed by atoms with Gasteiger partial charge in [0.15, 0.2) is 5.78 Å². The van der Waals surface area contributed by atoms with Crippen LogP contribution < -0.4 is 10.2 Å². The molecule has 0 aliphatic carbocycles. The monoisotopic (exact) mass is 590 g/mol. The minimum absolute atomic E-state index is 0. The summed E-state index contributed by atoms with van der Waals surface area (Å²) in [5, 5.41) is 2.95. The van der Waals surface area contributed by atoms with Crippen molar-refractivity contribution in [1.82, 2.24) is 15.1 Å². The van der Waals surface area contributed by atoms with Crippen LogP contribution in [0.2, 0.25) is 0 Å². The lowest BCUT2D eigenvalue weighted by atomic mass is 9.96. The molecule has 3 fully saturated rings. The molecule has 0 aromatic heterocycles. The number of ketones is 1. The third kappa shape index (κ3) is 7.60. The molecule has 1 aromatic rings. The lowest BCUT2D eigenvalue weighted by Crippen LogP contribution is -2.54. The molecule has 3 saturated heterocycles. The third-order valence-corrected chi connectivity index (χ3v) is 7.49. The number of hydrogen-bond donors (Lipinski definition) is 1. The number of rotatable bonds is 7. The van der Waals surface area contributed by atoms with Crippen molar-refractivity contribution in [3.05, 3.63) is 29.8 Å². The second-order valence-corrected chi connectivity index (χ2v) is 9.63. The standard InChI is InChI=1S/C25H36N4O5.CH4.3H2S/c1-5-16(2)21(25(32)29-14-20(33-4)23-22(29)19(30)15-34-23)26-24(31)17-6-8-18(9-7-17)28-12-10-27(3)11-13-28;;;;/h6-9,16,20-23H,5,10-15H2,1-4H3,(H,26,31);1H4;3*1H2/t16-,20+,21-,22+,23+;;;;/m0..../s1. The van der Waals surface area contributed by atoms with Crippen molar-refractivity contribution in [2.45, 2.75) is 52.0 Å². The Hall–Kier alpha value is -1.44. The zero-order valence-corrected chi connectivity index (χ0v) is 25.0. The van der Waals surface area contributed by atoms with Gasteiger partial charge in [0.05, 0.1) is 6.54 Å². The molecule has 3 aliphatic heterocycles. The topological polar surface area (TPSA) is 91.4 Å². The Labute approximate surface area is 248 Å². The summed E-state index contributed by atoms with van der Waals surface area (Å²) in [6, 6.07) is 6.15. The lowest BCUT2D eigenvalue weighted by Gasteiger charge is -2.34. The maximum atomic E-state index is 13.6. The van der Waals surface area contributed by atoms with Crippen molar-refractivity contribution < 1.29 is 23.9 Å². The number of nitrogens with zero attached hydrogens (tertiary/aromatic N) is 3. The van der Waals surface area contributed by atoms with E-state index in [0.717, 1.165) is 31.9 Å². The number of Topliss-reactive ketones (excluding diaryl/α,β-unsaturated/α-hetero) is 1. The van der Waals surface area contributed by atoms with Gasteiger partial charge in [0.25, 0.3) is 5.91 Å². The highest BCUT2D eigenvalue weighted by Gasteiger charge is 2.53. The summed E-state index contributed by atoms with van der Waals surface area (Å²) in [7, 11) is 3.68. The molecule has 1 N–H and O–H groups in total. The van der Waals surface area contributed by atoms with E-state index in [1.807, 2.05) is 38.1 Å². The SMILES string of the molecule is C.CC[C@H](C)[C@H](NC(=O)c1ccc(N2CCN(C)CC2)cc1)C(=O)N1C[C@@H](OC)[C@H]2OCC(=O)[C@H]21.S.S.S. The van der Waals surface area contributed by atoms with E-state index < -0.39 is 18.2 Å². The maximum Gasteiger partial charge on any atom is 0.251 e. The van der Waals surface area contributed by atoms with Crippen molar-refractivity contribution in [1.29, 1.82) is 0 Å². The van der Waals surface area contributed by atoms with E-state index in [0.29, 0.717) is 12.0 Å². The van der Waals surface area contributed by atoms with E-state index in [4.69, 9.17) is 9.47 Å². The molecule has 9 nitrogen and oxygen atoms in total. The number of hydrogen-bond acceptors (Lipinski definition) is 7. The van der Waals surface area contributed by atoms with Gasteiger partial charge in [-0.2, -0.15) is 40.5 Å². The van der Waals surface area contributed by atoms with Gasteiger partial charge in [0, 0.05) is 44.5 Å². The summed E-state index contributed by atoms with van der Waals surface area (Å²) < 4.78 is 11.1. The first-order valence-corrected chi connectivity index (χ1v) is 12.2. The molecule has 0 spiro atoms. The molecule has 0 saturated carbocycles. The van der Waals surface area contributed by atoms with E-state index in [9.17, 15) is 14.4 Å². The summed E-state index contributed by atoms with van der Waals surface area (Å²) in [6.45, 7) is 8.11. The van der Waals surface area contributed by atoms with Crippen molar-refractivity contribution in [3.63, 3.8) is 0 Å². The molecular formula is C26H46N4O5S3. The van der Waals surface area contributed by atoms with Gasteiger partial charge in [0.1, 0.15) is 30.9 Å². The molecule has 3 heterocycles. The number of benzene rings is 1. The van der Waals surface area contributed by atoms with Crippen LogP contribution in [-0.4, -0.2) is 105 Å². The van der Waals surface area contributed by atoms with Crippen LogP contribution in [0.4, 0.5) is 5.69 Å². The zero-order chi connectivity index (χ0) is 24.4. The van der Waals surface area contributed by atoms with Crippen molar-refractivity contribution in [2.24, 2.45) is 5.92 Å². The number of nitrogens with one attached hydrogen (secondary N) is 1. The van der Waals surface area contributed by atoms with E-state index in [-0.39, 0.29) is 90.7 Å². The average Bonchev–Trinajstić information content (AvgIpc) is 3.42. The molecule has 4 rings (SSSR count). The fraction of sp³-hybridized carbons (Fsp3) is 0.654. The van der Waals surface area contributed by atoms with Gasteiger partial charge in [0.2, 0.25) is 5.91 Å². The summed E-state index contributed by atoms with van der Waals surface area (Å²) in [5.41, 5.74) is 1.60. The summed E-state index contributed by atoms with van der Waals surface area (Å²) in [6.07, 6.45) is -0.0910. The summed E-state index contributed by atoms with van der Waals surface area (Å²) in [4.78, 5) is 45.3. The van der Waals surface area contributed by atoms with E-state index in [2.05, 4.69) is 22.2 Å². The van der Waals surface area contributed by atoms with Crippen LogP contribution in [0.1, 0.15) is 38.1 Å². The highest BCUT2D eigenvalue weighted by Crippen LogP contribution is 2.30. The maximum absolute atomic E-state index is 13.6. The number of anilines is 1. The second-order valence-electron chi connectivity index (χ2n) is 9.63. The number of carbonyl (C=O) groups excluding carboxylic acids is 3. The molecule has 218 valence electrons. The molecule has 3 aliphatic rings. The smallest absolute Gasteiger partial charge is 0.251 e. The van der Waals surface area contributed by atoms with Crippen LogP contribution in [0.5, 0.6) is 0 Å². The Bertz CT molecular complexity index is 915. The van der Waals surface area contributed by atoms with Crippen LogP contribution in [0.3, 0.4) is 0 Å². The lowest BCUT2D eigenvalue weighted by molar-refractivity contribution is -0.139. The molecule has 12 heteroatoms. The number of likely N-dealkylation sites (N-methyl/N-ethyl adjacent to an activating group) is 1. The molecule has 0 unspecified atom stereocenters. The highest BCUT2D eigenvalue weighted by molar-refractivity contribution is 7.59. The van der Waals surface area contributed by atoms with Gasteiger partial charge in [-0.3, -0.25) is 14.4 Å². The number of fused-ring (bicyclic) bond motifs is 1. The number of methoxy groups -OCH3 is 1. The first-order chi connectivity index (χ1) is 16.3. The molecule has 5 atom stereocenters. The van der Waals surface area contributed by atoms with Gasteiger partial charge in [-0.05, 0) is 37.2 Å².